The molecule has 0 bridgehead atoms. The molecule has 0 radical (unpaired) electrons. The van der Waals surface area contributed by atoms with Crippen LogP contribution in [0.4, 0.5) is 0 Å². The first-order valence-corrected chi connectivity index (χ1v) is 5.23. The van der Waals surface area contributed by atoms with E-state index in [9.17, 15) is 0 Å². The molecule has 8 nitrogen and oxygen atoms in total. The van der Waals surface area contributed by atoms with E-state index in [-0.39, 0.29) is 0 Å². The van der Waals surface area contributed by atoms with Crippen molar-refractivity contribution < 1.29 is 0 Å². The molecule has 4 aromatic rings. The lowest BCUT2D eigenvalue weighted by atomic mass is 10.4. The third-order valence-corrected chi connectivity index (χ3v) is 2.58. The number of fused-ring (bicyclic) bond motifs is 3. The molecule has 0 fully saturated rings. The summed E-state index contributed by atoms with van der Waals surface area (Å²) in [7, 11) is 0. The molecule has 4 aromatic heterocycles. The highest BCUT2D eigenvalue weighted by atomic mass is 15.3. The Morgan fingerprint density at radius 3 is 3.00 bits per heavy atom. The quantitative estimate of drug-likeness (QED) is 0.517. The molecule has 0 aliphatic rings. The van der Waals surface area contributed by atoms with E-state index in [4.69, 9.17) is 0 Å². The second kappa shape index (κ2) is 3.29. The van der Waals surface area contributed by atoms with Crippen LogP contribution in [-0.4, -0.2) is 39.7 Å². The molecule has 0 saturated carbocycles. The van der Waals surface area contributed by atoms with Gasteiger partial charge in [0.1, 0.15) is 12.0 Å². The molecule has 86 valence electrons. The summed E-state index contributed by atoms with van der Waals surface area (Å²) < 4.78 is 1.60. The minimum Gasteiger partial charge on any atom is -0.261 e. The first kappa shape index (κ1) is 9.16. The standard InChI is InChI=1S/C10H6N8/c1-2-12-7(4-11-1)9-15-10-6-3-14-16-8(6)13-5-18(10)17-9/h1-5H,(H,14,16). The summed E-state index contributed by atoms with van der Waals surface area (Å²) in [5.41, 5.74) is 1.99. The van der Waals surface area contributed by atoms with Crippen molar-refractivity contribution in [3.63, 3.8) is 0 Å². The zero-order valence-corrected chi connectivity index (χ0v) is 9.02. The van der Waals surface area contributed by atoms with E-state index in [1.807, 2.05) is 0 Å². The molecular formula is C10H6N8. The summed E-state index contributed by atoms with van der Waals surface area (Å²) in [6.45, 7) is 0. The molecule has 0 aromatic carbocycles. The van der Waals surface area contributed by atoms with Gasteiger partial charge >= 0.3 is 0 Å². The minimum absolute atomic E-state index is 0.513. The van der Waals surface area contributed by atoms with Crippen LogP contribution in [0, 0.1) is 0 Å². The Bertz CT molecular complexity index is 831. The van der Waals surface area contributed by atoms with Crippen molar-refractivity contribution >= 4 is 16.7 Å². The number of hydrogen-bond donors (Lipinski definition) is 1. The third-order valence-electron chi connectivity index (χ3n) is 2.58. The summed E-state index contributed by atoms with van der Waals surface area (Å²) in [6.07, 6.45) is 8.09. The van der Waals surface area contributed by atoms with Crippen LogP contribution in [-0.2, 0) is 0 Å². The molecule has 0 aliphatic carbocycles. The highest BCUT2D eigenvalue weighted by molar-refractivity contribution is 5.88. The first-order chi connectivity index (χ1) is 8.92. The van der Waals surface area contributed by atoms with E-state index in [0.717, 1.165) is 5.39 Å². The minimum atomic E-state index is 0.513. The summed E-state index contributed by atoms with van der Waals surface area (Å²) in [5.74, 6) is 0.513. The Hall–Kier alpha value is -2.90. The number of nitrogens with one attached hydrogen (secondary N) is 1. The van der Waals surface area contributed by atoms with Crippen molar-refractivity contribution in [2.24, 2.45) is 0 Å². The number of rotatable bonds is 1. The van der Waals surface area contributed by atoms with Gasteiger partial charge in [-0.3, -0.25) is 10.1 Å². The maximum Gasteiger partial charge on any atom is 0.202 e. The highest BCUT2D eigenvalue weighted by Gasteiger charge is 2.11. The van der Waals surface area contributed by atoms with Gasteiger partial charge in [0.25, 0.3) is 0 Å². The number of aromatic nitrogens is 8. The maximum absolute atomic E-state index is 4.43. The van der Waals surface area contributed by atoms with Crippen molar-refractivity contribution in [1.29, 1.82) is 0 Å². The summed E-state index contributed by atoms with van der Waals surface area (Å²) in [4.78, 5) is 16.8. The van der Waals surface area contributed by atoms with Gasteiger partial charge in [0.05, 0.1) is 17.8 Å². The average Bonchev–Trinajstić information content (AvgIpc) is 3.05. The van der Waals surface area contributed by atoms with Gasteiger partial charge in [0, 0.05) is 12.4 Å². The predicted molar refractivity (Wildman–Crippen MR) is 61.5 cm³/mol. The maximum atomic E-state index is 4.43. The number of nitrogens with zero attached hydrogens (tertiary/aromatic N) is 7. The van der Waals surface area contributed by atoms with Crippen LogP contribution in [0.15, 0.2) is 31.1 Å². The van der Waals surface area contributed by atoms with Crippen LogP contribution in [0.1, 0.15) is 0 Å². The van der Waals surface area contributed by atoms with E-state index in [1.54, 1.807) is 35.6 Å². The SMILES string of the molecule is c1cnc(-c2nc3c4cn[nH]c4ncn3n2)cn1. The molecule has 0 amide bonds. The molecule has 0 aliphatic heterocycles. The van der Waals surface area contributed by atoms with Crippen molar-refractivity contribution in [3.8, 4) is 11.5 Å². The lowest BCUT2D eigenvalue weighted by molar-refractivity contribution is 0.930. The Balaban J connectivity index is 2.04. The van der Waals surface area contributed by atoms with Gasteiger partial charge in [0.2, 0.25) is 5.82 Å². The summed E-state index contributed by atoms with van der Waals surface area (Å²) in [5, 5.41) is 11.9. The predicted octanol–water partition coefficient (Wildman–Crippen LogP) is 0.458. The zero-order valence-electron chi connectivity index (χ0n) is 9.02. The van der Waals surface area contributed by atoms with Gasteiger partial charge < -0.3 is 0 Å². The fourth-order valence-corrected chi connectivity index (χ4v) is 1.76. The van der Waals surface area contributed by atoms with Gasteiger partial charge in [-0.2, -0.15) is 5.10 Å². The third kappa shape index (κ3) is 1.19. The summed E-state index contributed by atoms with van der Waals surface area (Å²) >= 11 is 0. The van der Waals surface area contributed by atoms with Crippen molar-refractivity contribution in [2.45, 2.75) is 0 Å². The molecule has 8 heteroatoms. The zero-order chi connectivity index (χ0) is 11.9. The molecule has 1 N–H and O–H groups in total. The Kier molecular flexibility index (Phi) is 1.68. The molecule has 0 unspecified atom stereocenters. The van der Waals surface area contributed by atoms with Crippen LogP contribution in [0.3, 0.4) is 0 Å². The van der Waals surface area contributed by atoms with Gasteiger partial charge in [0.15, 0.2) is 11.3 Å². The largest absolute Gasteiger partial charge is 0.261 e. The van der Waals surface area contributed by atoms with E-state index in [2.05, 4.69) is 35.2 Å². The monoisotopic (exact) mass is 238 g/mol. The van der Waals surface area contributed by atoms with Crippen LogP contribution in [0.5, 0.6) is 0 Å². The second-order valence-corrected chi connectivity index (χ2v) is 3.67. The normalized spacial score (nSPS) is 11.3. The van der Waals surface area contributed by atoms with Crippen molar-refractivity contribution in [1.82, 2.24) is 39.7 Å². The van der Waals surface area contributed by atoms with Gasteiger partial charge in [-0.15, -0.1) is 5.10 Å². The van der Waals surface area contributed by atoms with E-state index >= 15 is 0 Å². The topological polar surface area (TPSA) is 97.5 Å². The Labute approximate surface area is 99.8 Å². The Morgan fingerprint density at radius 2 is 2.11 bits per heavy atom. The number of H-pyrrole nitrogens is 1. The summed E-state index contributed by atoms with van der Waals surface area (Å²) in [6, 6.07) is 0. The van der Waals surface area contributed by atoms with Crippen LogP contribution in [0.25, 0.3) is 28.2 Å². The van der Waals surface area contributed by atoms with Gasteiger partial charge in [-0.25, -0.2) is 19.5 Å². The van der Waals surface area contributed by atoms with Gasteiger partial charge in [-0.05, 0) is 0 Å². The van der Waals surface area contributed by atoms with E-state index < -0.39 is 0 Å². The van der Waals surface area contributed by atoms with Crippen molar-refractivity contribution in [2.75, 3.05) is 0 Å². The van der Waals surface area contributed by atoms with E-state index in [0.29, 0.717) is 22.8 Å². The Morgan fingerprint density at radius 1 is 1.11 bits per heavy atom. The smallest absolute Gasteiger partial charge is 0.202 e. The highest BCUT2D eigenvalue weighted by Crippen LogP contribution is 2.17. The molecule has 18 heavy (non-hydrogen) atoms. The average molecular weight is 238 g/mol. The molecular weight excluding hydrogens is 232 g/mol. The fourth-order valence-electron chi connectivity index (χ4n) is 1.76. The van der Waals surface area contributed by atoms with Gasteiger partial charge in [-0.1, -0.05) is 0 Å². The van der Waals surface area contributed by atoms with Crippen LogP contribution >= 0.6 is 0 Å². The lowest BCUT2D eigenvalue weighted by Gasteiger charge is -1.89. The first-order valence-electron chi connectivity index (χ1n) is 5.23. The molecule has 0 atom stereocenters. The molecule has 0 spiro atoms. The second-order valence-electron chi connectivity index (χ2n) is 3.67. The molecule has 4 heterocycles. The van der Waals surface area contributed by atoms with Crippen LogP contribution in [0.2, 0.25) is 0 Å². The fraction of sp³-hybridized carbons (Fsp3) is 0. The van der Waals surface area contributed by atoms with Crippen molar-refractivity contribution in [3.05, 3.63) is 31.1 Å². The van der Waals surface area contributed by atoms with Crippen LogP contribution < -0.4 is 0 Å². The lowest BCUT2D eigenvalue weighted by Crippen LogP contribution is -1.90. The number of hydrogen-bond acceptors (Lipinski definition) is 6. The van der Waals surface area contributed by atoms with E-state index in [1.165, 1.54) is 0 Å². The molecule has 0 saturated heterocycles. The number of aromatic amines is 1. The molecule has 4 rings (SSSR count).